The molecule has 1 aliphatic rings. The third-order valence-electron chi connectivity index (χ3n) is 3.06. The molecule has 0 spiro atoms. The van der Waals surface area contributed by atoms with E-state index < -0.39 is 36.7 Å². The topological polar surface area (TPSA) is 96.2 Å². The van der Waals surface area contributed by atoms with Crippen LogP contribution in [-0.2, 0) is 9.47 Å². The Bertz CT molecular complexity index is 434. The molecule has 1 fully saturated rings. The molecule has 19 heavy (non-hydrogen) atoms. The summed E-state index contributed by atoms with van der Waals surface area (Å²) < 4.78 is 9.98. The van der Waals surface area contributed by atoms with Gasteiger partial charge in [-0.05, 0) is 19.1 Å². The third kappa shape index (κ3) is 2.93. The van der Waals surface area contributed by atoms with E-state index in [0.29, 0.717) is 0 Å². The van der Waals surface area contributed by atoms with Crippen LogP contribution in [0.2, 0.25) is 0 Å². The largest absolute Gasteiger partial charge is 0.450 e. The van der Waals surface area contributed by atoms with Crippen LogP contribution in [-0.4, -0.2) is 52.0 Å². The van der Waals surface area contributed by atoms with Crippen LogP contribution in [0.5, 0.6) is 0 Å². The fraction of sp³-hybridized carbons (Fsp3) is 0.462. The van der Waals surface area contributed by atoms with E-state index in [1.807, 2.05) is 0 Å². The molecule has 5 atom stereocenters. The van der Waals surface area contributed by atoms with E-state index >= 15 is 0 Å². The zero-order chi connectivity index (χ0) is 14.0. The van der Waals surface area contributed by atoms with Crippen LogP contribution >= 0.6 is 0 Å². The second kappa shape index (κ2) is 5.66. The van der Waals surface area contributed by atoms with Gasteiger partial charge < -0.3 is 24.8 Å². The van der Waals surface area contributed by atoms with Gasteiger partial charge in [0.15, 0.2) is 12.4 Å². The Morgan fingerprint density at radius 2 is 1.79 bits per heavy atom. The van der Waals surface area contributed by atoms with E-state index in [1.54, 1.807) is 30.3 Å². The predicted octanol–water partition coefficient (Wildman–Crippen LogP) is -0.329. The molecule has 0 unspecified atom stereocenters. The molecule has 104 valence electrons. The molecule has 1 aromatic carbocycles. The molecule has 0 saturated carbocycles. The Morgan fingerprint density at radius 3 is 2.42 bits per heavy atom. The highest BCUT2D eigenvalue weighted by molar-refractivity contribution is 5.89. The standard InChI is InChI=1S/C13H16O6/c1-7-9(14)10(15)11(13(17)18-7)19-12(16)8-5-3-2-4-6-8/h2-7,9-11,13-15,17H,1H3/t7-,9+,10+,11-,13-/m1/s1. The van der Waals surface area contributed by atoms with Crippen molar-refractivity contribution in [2.24, 2.45) is 0 Å². The highest BCUT2D eigenvalue weighted by Gasteiger charge is 2.44. The third-order valence-corrected chi connectivity index (χ3v) is 3.06. The van der Waals surface area contributed by atoms with Gasteiger partial charge in [-0.2, -0.15) is 0 Å². The van der Waals surface area contributed by atoms with Gasteiger partial charge in [0.1, 0.15) is 12.2 Å². The van der Waals surface area contributed by atoms with Crippen molar-refractivity contribution in [1.29, 1.82) is 0 Å². The fourth-order valence-corrected chi connectivity index (χ4v) is 1.91. The highest BCUT2D eigenvalue weighted by atomic mass is 16.7. The van der Waals surface area contributed by atoms with Gasteiger partial charge in [-0.1, -0.05) is 18.2 Å². The Labute approximate surface area is 110 Å². The first-order valence-corrected chi connectivity index (χ1v) is 5.96. The fourth-order valence-electron chi connectivity index (χ4n) is 1.91. The lowest BCUT2D eigenvalue weighted by atomic mass is 10.00. The van der Waals surface area contributed by atoms with E-state index in [4.69, 9.17) is 9.47 Å². The summed E-state index contributed by atoms with van der Waals surface area (Å²) in [7, 11) is 0. The van der Waals surface area contributed by atoms with Crippen molar-refractivity contribution in [3.8, 4) is 0 Å². The highest BCUT2D eigenvalue weighted by Crippen LogP contribution is 2.22. The van der Waals surface area contributed by atoms with Gasteiger partial charge in [-0.15, -0.1) is 0 Å². The van der Waals surface area contributed by atoms with E-state index in [-0.39, 0.29) is 5.56 Å². The van der Waals surface area contributed by atoms with Gasteiger partial charge in [-0.3, -0.25) is 0 Å². The second-order valence-corrected chi connectivity index (χ2v) is 4.45. The van der Waals surface area contributed by atoms with Crippen molar-refractivity contribution < 1.29 is 29.6 Å². The summed E-state index contributed by atoms with van der Waals surface area (Å²) in [5.74, 6) is -0.700. The molecule has 1 heterocycles. The number of hydrogen-bond acceptors (Lipinski definition) is 6. The number of benzene rings is 1. The van der Waals surface area contributed by atoms with Gasteiger partial charge >= 0.3 is 5.97 Å². The molecule has 0 aliphatic carbocycles. The van der Waals surface area contributed by atoms with Crippen LogP contribution < -0.4 is 0 Å². The molecule has 1 saturated heterocycles. The minimum Gasteiger partial charge on any atom is -0.450 e. The smallest absolute Gasteiger partial charge is 0.338 e. The molecule has 2 rings (SSSR count). The maximum atomic E-state index is 11.8. The normalized spacial score (nSPS) is 34.8. The quantitative estimate of drug-likeness (QED) is 0.636. The maximum Gasteiger partial charge on any atom is 0.338 e. The van der Waals surface area contributed by atoms with Crippen LogP contribution in [0.4, 0.5) is 0 Å². The van der Waals surface area contributed by atoms with Crippen LogP contribution in [0.3, 0.4) is 0 Å². The number of esters is 1. The van der Waals surface area contributed by atoms with Crippen molar-refractivity contribution >= 4 is 5.97 Å². The van der Waals surface area contributed by atoms with Crippen molar-refractivity contribution in [2.75, 3.05) is 0 Å². The van der Waals surface area contributed by atoms with E-state index in [2.05, 4.69) is 0 Å². The average molecular weight is 268 g/mol. The summed E-state index contributed by atoms with van der Waals surface area (Å²) in [4.78, 5) is 11.8. The summed E-state index contributed by atoms with van der Waals surface area (Å²) in [6.07, 6.45) is -6.15. The lowest BCUT2D eigenvalue weighted by molar-refractivity contribution is -0.276. The Morgan fingerprint density at radius 1 is 1.16 bits per heavy atom. The van der Waals surface area contributed by atoms with Gasteiger partial charge in [0, 0.05) is 0 Å². The van der Waals surface area contributed by atoms with Gasteiger partial charge in [0.25, 0.3) is 0 Å². The van der Waals surface area contributed by atoms with E-state index in [0.717, 1.165) is 0 Å². The molecule has 0 aromatic heterocycles. The van der Waals surface area contributed by atoms with E-state index in [9.17, 15) is 20.1 Å². The van der Waals surface area contributed by atoms with Crippen LogP contribution in [0.25, 0.3) is 0 Å². The first-order valence-electron chi connectivity index (χ1n) is 5.96. The molecule has 1 aliphatic heterocycles. The Balaban J connectivity index is 2.08. The van der Waals surface area contributed by atoms with Crippen LogP contribution in [0.15, 0.2) is 30.3 Å². The lowest BCUT2D eigenvalue weighted by Gasteiger charge is -2.38. The number of ether oxygens (including phenoxy) is 2. The first kappa shape index (κ1) is 14.0. The predicted molar refractivity (Wildman–Crippen MR) is 64.2 cm³/mol. The summed E-state index contributed by atoms with van der Waals surface area (Å²) in [5.41, 5.74) is 0.287. The van der Waals surface area contributed by atoms with E-state index in [1.165, 1.54) is 6.92 Å². The molecule has 0 amide bonds. The molecule has 1 aromatic rings. The number of hydrogen-bond donors (Lipinski definition) is 3. The van der Waals surface area contributed by atoms with Gasteiger partial charge in [-0.25, -0.2) is 4.79 Å². The Hall–Kier alpha value is -1.47. The molecular weight excluding hydrogens is 252 g/mol. The molecule has 3 N–H and O–H groups in total. The van der Waals surface area contributed by atoms with Crippen molar-refractivity contribution in [3.63, 3.8) is 0 Å². The minimum atomic E-state index is -1.47. The lowest BCUT2D eigenvalue weighted by Crippen LogP contribution is -2.58. The number of rotatable bonds is 2. The molecule has 6 nitrogen and oxygen atoms in total. The summed E-state index contributed by atoms with van der Waals surface area (Å²) in [5, 5.41) is 29.1. The molecule has 6 heteroatoms. The first-order chi connectivity index (χ1) is 9.00. The average Bonchev–Trinajstić information content (AvgIpc) is 2.42. The zero-order valence-corrected chi connectivity index (χ0v) is 10.3. The van der Waals surface area contributed by atoms with Gasteiger partial charge in [0.05, 0.1) is 11.7 Å². The van der Waals surface area contributed by atoms with Crippen LogP contribution in [0, 0.1) is 0 Å². The summed E-state index contributed by atoms with van der Waals surface area (Å²) >= 11 is 0. The number of carbonyl (C=O) groups excluding carboxylic acids is 1. The molecular formula is C13H16O6. The number of carbonyl (C=O) groups is 1. The summed E-state index contributed by atoms with van der Waals surface area (Å²) in [6, 6.07) is 8.17. The Kier molecular flexibility index (Phi) is 4.16. The van der Waals surface area contributed by atoms with Gasteiger partial charge in [0.2, 0.25) is 0 Å². The monoisotopic (exact) mass is 268 g/mol. The van der Waals surface area contributed by atoms with Crippen molar-refractivity contribution in [2.45, 2.75) is 37.6 Å². The summed E-state index contributed by atoms with van der Waals surface area (Å²) in [6.45, 7) is 1.51. The molecule has 0 radical (unpaired) electrons. The van der Waals surface area contributed by atoms with Crippen molar-refractivity contribution in [1.82, 2.24) is 0 Å². The van der Waals surface area contributed by atoms with Crippen LogP contribution in [0.1, 0.15) is 17.3 Å². The SMILES string of the molecule is C[C@H]1O[C@@H](O)[C@H](OC(=O)c2ccccc2)[C@@H](O)[C@H]1O. The number of aliphatic hydroxyl groups is 3. The van der Waals surface area contributed by atoms with Crippen molar-refractivity contribution in [3.05, 3.63) is 35.9 Å². The minimum absolute atomic E-state index is 0.287. The maximum absolute atomic E-state index is 11.8. The molecule has 0 bridgehead atoms. The second-order valence-electron chi connectivity index (χ2n) is 4.45. The number of aliphatic hydroxyl groups excluding tert-OH is 3. The zero-order valence-electron chi connectivity index (χ0n) is 10.3.